The highest BCUT2D eigenvalue weighted by molar-refractivity contribution is 6.36. The number of fused-ring (bicyclic) bond motifs is 3. The van der Waals surface area contributed by atoms with E-state index >= 15 is 0 Å². The highest BCUT2D eigenvalue weighted by Gasteiger charge is 2.26. The first-order valence-electron chi connectivity index (χ1n) is 7.41. The topological polar surface area (TPSA) is 50.4 Å². The van der Waals surface area contributed by atoms with Gasteiger partial charge in [0.25, 0.3) is 0 Å². The van der Waals surface area contributed by atoms with E-state index in [-0.39, 0.29) is 0 Å². The number of hydrogen-bond acceptors (Lipinski definition) is 3. The lowest BCUT2D eigenvalue weighted by Crippen LogP contribution is -2.08. The summed E-state index contributed by atoms with van der Waals surface area (Å²) in [4.78, 5) is 8.80. The van der Waals surface area contributed by atoms with Crippen molar-refractivity contribution in [1.82, 2.24) is 9.55 Å². The van der Waals surface area contributed by atoms with Crippen LogP contribution in [0.25, 0.3) is 5.69 Å². The highest BCUT2D eigenvalue weighted by Crippen LogP contribution is 2.33. The van der Waals surface area contributed by atoms with Crippen LogP contribution in [0.1, 0.15) is 28.9 Å². The quantitative estimate of drug-likeness (QED) is 0.704. The van der Waals surface area contributed by atoms with Gasteiger partial charge in [-0.25, -0.2) is 9.98 Å². The number of aliphatic hydroxyl groups excluding tert-OH is 1. The normalized spacial score (nSPS) is 16.2. The maximum absolute atomic E-state index is 10.6. The summed E-state index contributed by atoms with van der Waals surface area (Å²) < 4.78 is 1.89. The van der Waals surface area contributed by atoms with Gasteiger partial charge < -0.3 is 5.11 Å². The maximum Gasteiger partial charge on any atom is 0.205 e. The smallest absolute Gasteiger partial charge is 0.205 e. The van der Waals surface area contributed by atoms with Crippen LogP contribution in [-0.2, 0) is 0 Å². The predicted octanol–water partition coefficient (Wildman–Crippen LogP) is 4.33. The van der Waals surface area contributed by atoms with Crippen molar-refractivity contribution < 1.29 is 5.11 Å². The molecule has 1 aliphatic rings. The molecule has 6 heteroatoms. The Balaban J connectivity index is 2.07. The van der Waals surface area contributed by atoms with E-state index in [0.717, 1.165) is 22.5 Å². The third kappa shape index (κ3) is 2.35. The molecule has 3 aromatic rings. The molecule has 0 fully saturated rings. The lowest BCUT2D eigenvalue weighted by molar-refractivity contribution is 0.177. The molecule has 4 nitrogen and oxygen atoms in total. The summed E-state index contributed by atoms with van der Waals surface area (Å²) in [6, 6.07) is 13.0. The molecule has 1 unspecified atom stereocenters. The lowest BCUT2D eigenvalue weighted by atomic mass is 10.0. The number of nitrogens with zero attached hydrogens (tertiary/aromatic N) is 3. The van der Waals surface area contributed by atoms with Crippen molar-refractivity contribution in [2.24, 2.45) is 4.99 Å². The summed E-state index contributed by atoms with van der Waals surface area (Å²) in [5, 5.41) is 11.7. The van der Waals surface area contributed by atoms with E-state index in [0.29, 0.717) is 21.6 Å². The Morgan fingerprint density at radius 1 is 1.08 bits per heavy atom. The van der Waals surface area contributed by atoms with Crippen LogP contribution in [0.5, 0.6) is 0 Å². The summed E-state index contributed by atoms with van der Waals surface area (Å²) in [6.07, 6.45) is 0.628. The van der Waals surface area contributed by atoms with E-state index in [2.05, 4.69) is 9.98 Å². The van der Waals surface area contributed by atoms with Crippen molar-refractivity contribution in [2.75, 3.05) is 0 Å². The van der Waals surface area contributed by atoms with Gasteiger partial charge in [-0.2, -0.15) is 0 Å². The average Bonchev–Trinajstić information content (AvgIpc) is 2.89. The first-order chi connectivity index (χ1) is 11.6. The third-order valence-electron chi connectivity index (χ3n) is 4.03. The van der Waals surface area contributed by atoms with Crippen molar-refractivity contribution in [3.8, 4) is 5.69 Å². The van der Waals surface area contributed by atoms with Gasteiger partial charge in [0.2, 0.25) is 6.23 Å². The molecule has 2 aromatic carbocycles. The fourth-order valence-electron chi connectivity index (χ4n) is 2.96. The molecule has 4 rings (SSSR count). The molecule has 24 heavy (non-hydrogen) atoms. The third-order valence-corrected chi connectivity index (χ3v) is 4.60. The Bertz CT molecular complexity index is 978. The Kier molecular flexibility index (Phi) is 3.68. The number of hydrogen-bond donors (Lipinski definition) is 1. The van der Waals surface area contributed by atoms with Crippen molar-refractivity contribution in [2.45, 2.75) is 13.2 Å². The van der Waals surface area contributed by atoms with Gasteiger partial charge in [0.15, 0.2) is 5.82 Å². The summed E-state index contributed by atoms with van der Waals surface area (Å²) >= 11 is 12.6. The van der Waals surface area contributed by atoms with Crippen LogP contribution in [0, 0.1) is 6.92 Å². The van der Waals surface area contributed by atoms with Crippen LogP contribution in [0.2, 0.25) is 10.0 Å². The zero-order chi connectivity index (χ0) is 16.8. The molecule has 0 amide bonds. The summed E-state index contributed by atoms with van der Waals surface area (Å²) in [7, 11) is 0. The molecule has 0 radical (unpaired) electrons. The number of rotatable bonds is 1. The minimum atomic E-state index is -1.09. The molecule has 1 aliphatic heterocycles. The molecular weight excluding hydrogens is 345 g/mol. The van der Waals surface area contributed by atoms with Gasteiger partial charge in [-0.1, -0.05) is 41.4 Å². The molecule has 2 heterocycles. The molecule has 1 N–H and O–H groups in total. The van der Waals surface area contributed by atoms with Crippen molar-refractivity contribution in [3.05, 3.63) is 81.4 Å². The second-order valence-corrected chi connectivity index (χ2v) is 6.43. The van der Waals surface area contributed by atoms with Gasteiger partial charge in [-0.05, 0) is 31.2 Å². The average molecular weight is 358 g/mol. The summed E-state index contributed by atoms with van der Waals surface area (Å²) in [5.74, 6) is 0.470. The van der Waals surface area contributed by atoms with Gasteiger partial charge in [-0.3, -0.25) is 4.57 Å². The van der Waals surface area contributed by atoms with E-state index in [4.69, 9.17) is 23.2 Å². The molecule has 120 valence electrons. The molecular formula is C18H13Cl2N3O. The number of aromatic nitrogens is 2. The first-order valence-corrected chi connectivity index (χ1v) is 8.17. The lowest BCUT2D eigenvalue weighted by Gasteiger charge is -2.14. The minimum absolute atomic E-state index is 0.470. The fourth-order valence-corrected chi connectivity index (χ4v) is 3.36. The summed E-state index contributed by atoms with van der Waals surface area (Å²) in [6.45, 7) is 1.93. The highest BCUT2D eigenvalue weighted by atomic mass is 35.5. The van der Waals surface area contributed by atoms with Crippen molar-refractivity contribution in [1.29, 1.82) is 0 Å². The molecule has 0 saturated heterocycles. The Morgan fingerprint density at radius 3 is 2.67 bits per heavy atom. The van der Waals surface area contributed by atoms with Crippen LogP contribution in [0.4, 0.5) is 0 Å². The standard InChI is InChI=1S/C18H13Cl2N3O/c1-10-9-21-17-18(24)22-16(12-4-2-3-5-14(12)20)13-8-11(19)6-7-15(13)23(10)17/h2-9,18,24H,1H3. The summed E-state index contributed by atoms with van der Waals surface area (Å²) in [5.41, 5.74) is 3.90. The number of imidazole rings is 1. The number of benzene rings is 2. The largest absolute Gasteiger partial charge is 0.365 e. The number of aliphatic imine (C=N–C) groups is 1. The van der Waals surface area contributed by atoms with Crippen molar-refractivity contribution >= 4 is 28.9 Å². The molecule has 0 aliphatic carbocycles. The number of halogens is 2. The molecule has 1 atom stereocenters. The van der Waals surface area contributed by atoms with Crippen LogP contribution < -0.4 is 0 Å². The van der Waals surface area contributed by atoms with Crippen molar-refractivity contribution in [3.63, 3.8) is 0 Å². The van der Waals surface area contributed by atoms with Gasteiger partial charge in [0.1, 0.15) is 0 Å². The second kappa shape index (κ2) is 5.74. The SMILES string of the molecule is Cc1cnc2n1-c1ccc(Cl)cc1C(c1ccccc1Cl)=NC2O. The molecule has 0 saturated carbocycles. The van der Waals surface area contributed by atoms with Gasteiger partial charge >= 0.3 is 0 Å². The predicted molar refractivity (Wildman–Crippen MR) is 95.4 cm³/mol. The monoisotopic (exact) mass is 357 g/mol. The van der Waals surface area contributed by atoms with E-state index in [1.165, 1.54) is 0 Å². The maximum atomic E-state index is 10.6. The minimum Gasteiger partial charge on any atom is -0.365 e. The molecule has 0 bridgehead atoms. The van der Waals surface area contributed by atoms with Gasteiger partial charge in [-0.15, -0.1) is 0 Å². The van der Waals surface area contributed by atoms with Crippen LogP contribution in [-0.4, -0.2) is 20.4 Å². The van der Waals surface area contributed by atoms with Crippen LogP contribution in [0.3, 0.4) is 0 Å². The van der Waals surface area contributed by atoms with Crippen LogP contribution in [0.15, 0.2) is 53.7 Å². The zero-order valence-corrected chi connectivity index (χ0v) is 14.3. The van der Waals surface area contributed by atoms with E-state index in [1.807, 2.05) is 47.9 Å². The second-order valence-electron chi connectivity index (χ2n) is 5.59. The Morgan fingerprint density at radius 2 is 1.88 bits per heavy atom. The van der Waals surface area contributed by atoms with Gasteiger partial charge in [0.05, 0.1) is 11.4 Å². The van der Waals surface area contributed by atoms with E-state index in [1.54, 1.807) is 12.3 Å². The zero-order valence-electron chi connectivity index (χ0n) is 12.7. The molecule has 0 spiro atoms. The van der Waals surface area contributed by atoms with Gasteiger partial charge in [0, 0.05) is 33.1 Å². The fraction of sp³-hybridized carbons (Fsp3) is 0.111. The Labute approximate surface area is 149 Å². The Hall–Kier alpha value is -2.14. The van der Waals surface area contributed by atoms with E-state index < -0.39 is 6.23 Å². The first kappa shape index (κ1) is 15.4. The molecule has 1 aromatic heterocycles. The number of aliphatic hydroxyl groups is 1. The number of aryl methyl sites for hydroxylation is 1. The van der Waals surface area contributed by atoms with E-state index in [9.17, 15) is 5.11 Å². The van der Waals surface area contributed by atoms with Crippen LogP contribution >= 0.6 is 23.2 Å².